The van der Waals surface area contributed by atoms with Gasteiger partial charge in [0.1, 0.15) is 18.0 Å². The van der Waals surface area contributed by atoms with E-state index in [1.807, 2.05) is 4.90 Å². The molecule has 3 aromatic rings. The zero-order valence-electron chi connectivity index (χ0n) is 16.4. The summed E-state index contributed by atoms with van der Waals surface area (Å²) in [6.45, 7) is 5.62. The molecule has 1 aromatic heterocycles. The van der Waals surface area contributed by atoms with Gasteiger partial charge in [0.15, 0.2) is 0 Å². The molecule has 1 aliphatic rings. The number of nitrogens with zero attached hydrogens (tertiary/aromatic N) is 4. The van der Waals surface area contributed by atoms with Crippen LogP contribution >= 0.6 is 11.6 Å². The second-order valence-corrected chi connectivity index (χ2v) is 7.47. The quantitative estimate of drug-likeness (QED) is 0.537. The summed E-state index contributed by atoms with van der Waals surface area (Å²) in [5.41, 5.74) is -0.0641. The lowest BCUT2D eigenvalue weighted by Crippen LogP contribution is -2.48. The number of amides is 1. The van der Waals surface area contributed by atoms with Gasteiger partial charge in [-0.1, -0.05) is 30.3 Å². The number of piperazine rings is 1. The van der Waals surface area contributed by atoms with E-state index in [9.17, 15) is 18.0 Å². The highest BCUT2D eigenvalue weighted by molar-refractivity contribution is 6.34. The Hall–Kier alpha value is -3.13. The van der Waals surface area contributed by atoms with E-state index in [0.717, 1.165) is 6.07 Å². The first kappa shape index (κ1) is 21.1. The van der Waals surface area contributed by atoms with Crippen LogP contribution in [-0.4, -0.2) is 47.0 Å². The van der Waals surface area contributed by atoms with Crippen molar-refractivity contribution in [3.8, 4) is 11.1 Å². The number of aromatic nitrogens is 2. The summed E-state index contributed by atoms with van der Waals surface area (Å²) in [5, 5.41) is 0.741. The van der Waals surface area contributed by atoms with Crippen molar-refractivity contribution in [2.24, 2.45) is 0 Å². The van der Waals surface area contributed by atoms with Crippen molar-refractivity contribution in [3.05, 3.63) is 65.7 Å². The van der Waals surface area contributed by atoms with Gasteiger partial charge in [-0.3, -0.25) is 4.79 Å². The molecular weight excluding hydrogens is 429 g/mol. The molecule has 2 heterocycles. The Morgan fingerprint density at radius 1 is 1.16 bits per heavy atom. The molecule has 0 unspecified atom stereocenters. The highest BCUT2D eigenvalue weighted by Crippen LogP contribution is 2.40. The first-order chi connectivity index (χ1) is 14.9. The molecule has 9 heteroatoms. The Morgan fingerprint density at radius 2 is 1.90 bits per heavy atom. The first-order valence-corrected chi connectivity index (χ1v) is 9.96. The maximum Gasteiger partial charge on any atom is 0.264 e. The summed E-state index contributed by atoms with van der Waals surface area (Å²) in [4.78, 5) is 24.1. The van der Waals surface area contributed by atoms with Crippen LogP contribution in [0.3, 0.4) is 0 Å². The van der Waals surface area contributed by atoms with E-state index < -0.39 is 17.8 Å². The molecule has 31 heavy (non-hydrogen) atoms. The van der Waals surface area contributed by atoms with Crippen molar-refractivity contribution < 1.29 is 18.0 Å². The molecule has 0 spiro atoms. The molecule has 1 aliphatic heterocycles. The lowest BCUT2D eigenvalue weighted by molar-refractivity contribution is -0.126. The molecule has 1 amide bonds. The number of hydrogen-bond acceptors (Lipinski definition) is 4. The van der Waals surface area contributed by atoms with E-state index in [1.54, 1.807) is 11.0 Å². The van der Waals surface area contributed by atoms with Crippen LogP contribution in [0.25, 0.3) is 22.0 Å². The predicted octanol–water partition coefficient (Wildman–Crippen LogP) is 4.86. The minimum atomic E-state index is -2.85. The van der Waals surface area contributed by atoms with Crippen molar-refractivity contribution in [2.75, 3.05) is 31.1 Å². The normalized spacial score (nSPS) is 14.4. The van der Waals surface area contributed by atoms with E-state index in [2.05, 4.69) is 16.5 Å². The zero-order chi connectivity index (χ0) is 22.1. The van der Waals surface area contributed by atoms with Crippen LogP contribution in [0.15, 0.2) is 49.3 Å². The largest absolute Gasteiger partial charge is 0.352 e. The maximum atomic E-state index is 14.5. The third kappa shape index (κ3) is 3.95. The third-order valence-corrected chi connectivity index (χ3v) is 5.63. The summed E-state index contributed by atoms with van der Waals surface area (Å²) in [7, 11) is 0. The Bertz CT molecular complexity index is 1160. The summed E-state index contributed by atoms with van der Waals surface area (Å²) < 4.78 is 41.5. The third-order valence-electron chi connectivity index (χ3n) is 5.32. The summed E-state index contributed by atoms with van der Waals surface area (Å²) in [5.74, 6) is -0.289. The van der Waals surface area contributed by atoms with Crippen LogP contribution in [0.2, 0.25) is 5.02 Å². The number of alkyl halides is 2. The second kappa shape index (κ2) is 8.55. The molecular formula is C22H18ClF3N4O. The molecule has 4 rings (SSSR count). The minimum Gasteiger partial charge on any atom is -0.352 e. The van der Waals surface area contributed by atoms with Crippen LogP contribution < -0.4 is 4.90 Å². The van der Waals surface area contributed by atoms with Gasteiger partial charge in [-0.05, 0) is 24.3 Å². The SMILES string of the molecule is C=CC(=O)N1CCN(c2ncnc3cc(-c4c(F)cccc4C(F)F)c(Cl)cc23)CC1. The lowest BCUT2D eigenvalue weighted by Gasteiger charge is -2.35. The number of benzene rings is 2. The van der Waals surface area contributed by atoms with Gasteiger partial charge in [-0.2, -0.15) is 0 Å². The Labute approximate surface area is 181 Å². The standard InChI is InChI=1S/C22H18ClF3N4O/c1-2-19(31)29-6-8-30(9-7-29)22-15-10-16(23)14(11-18(15)27-12-28-22)20-13(21(25)26)4-3-5-17(20)24/h2-5,10-12,21H,1,6-9H2. The number of carbonyl (C=O) groups excluding carboxylic acids is 1. The molecule has 0 N–H and O–H groups in total. The molecule has 0 radical (unpaired) electrons. The molecule has 5 nitrogen and oxygen atoms in total. The van der Waals surface area contributed by atoms with Crippen LogP contribution in [-0.2, 0) is 4.79 Å². The molecule has 1 saturated heterocycles. The van der Waals surface area contributed by atoms with Gasteiger partial charge in [-0.25, -0.2) is 23.1 Å². The van der Waals surface area contributed by atoms with E-state index >= 15 is 0 Å². The van der Waals surface area contributed by atoms with E-state index in [4.69, 9.17) is 11.6 Å². The maximum absolute atomic E-state index is 14.5. The number of carbonyl (C=O) groups is 1. The predicted molar refractivity (Wildman–Crippen MR) is 114 cm³/mol. The fourth-order valence-corrected chi connectivity index (χ4v) is 4.04. The van der Waals surface area contributed by atoms with Crippen molar-refractivity contribution in [1.29, 1.82) is 0 Å². The number of rotatable bonds is 4. The summed E-state index contributed by atoms with van der Waals surface area (Å²) >= 11 is 6.43. The van der Waals surface area contributed by atoms with Crippen molar-refractivity contribution >= 4 is 34.2 Å². The van der Waals surface area contributed by atoms with Gasteiger partial charge < -0.3 is 9.80 Å². The Kier molecular flexibility index (Phi) is 5.82. The summed E-state index contributed by atoms with van der Waals surface area (Å²) in [6, 6.07) is 6.62. The van der Waals surface area contributed by atoms with Crippen molar-refractivity contribution in [1.82, 2.24) is 14.9 Å². The monoisotopic (exact) mass is 446 g/mol. The van der Waals surface area contributed by atoms with Gasteiger partial charge in [0.05, 0.1) is 5.52 Å². The minimum absolute atomic E-state index is 0.121. The van der Waals surface area contributed by atoms with Gasteiger partial charge in [0, 0.05) is 53.3 Å². The smallest absolute Gasteiger partial charge is 0.264 e. The van der Waals surface area contributed by atoms with E-state index in [0.29, 0.717) is 42.9 Å². The Balaban J connectivity index is 1.75. The Morgan fingerprint density at radius 3 is 2.58 bits per heavy atom. The number of halogens is 4. The average molecular weight is 447 g/mol. The van der Waals surface area contributed by atoms with E-state index in [1.165, 1.54) is 30.6 Å². The fourth-order valence-electron chi connectivity index (χ4n) is 3.78. The molecule has 0 atom stereocenters. The highest BCUT2D eigenvalue weighted by Gasteiger charge is 2.24. The zero-order valence-corrected chi connectivity index (χ0v) is 17.1. The molecule has 0 saturated carbocycles. The average Bonchev–Trinajstić information content (AvgIpc) is 2.78. The van der Waals surface area contributed by atoms with Crippen LogP contribution in [0, 0.1) is 5.82 Å². The summed E-state index contributed by atoms with van der Waals surface area (Å²) in [6.07, 6.45) is -0.202. The first-order valence-electron chi connectivity index (χ1n) is 9.58. The van der Waals surface area contributed by atoms with Gasteiger partial charge in [0.2, 0.25) is 5.91 Å². The number of anilines is 1. The molecule has 160 valence electrons. The van der Waals surface area contributed by atoms with Crippen LogP contribution in [0.1, 0.15) is 12.0 Å². The topological polar surface area (TPSA) is 49.3 Å². The molecule has 0 aliphatic carbocycles. The van der Waals surface area contributed by atoms with Crippen molar-refractivity contribution in [2.45, 2.75) is 6.43 Å². The highest BCUT2D eigenvalue weighted by atomic mass is 35.5. The molecule has 1 fully saturated rings. The van der Waals surface area contributed by atoms with E-state index in [-0.39, 0.29) is 22.1 Å². The van der Waals surface area contributed by atoms with Crippen LogP contribution in [0.4, 0.5) is 19.0 Å². The number of fused-ring (bicyclic) bond motifs is 1. The van der Waals surface area contributed by atoms with Crippen molar-refractivity contribution in [3.63, 3.8) is 0 Å². The van der Waals surface area contributed by atoms with Gasteiger partial charge in [0.25, 0.3) is 6.43 Å². The van der Waals surface area contributed by atoms with Gasteiger partial charge in [-0.15, -0.1) is 0 Å². The fraction of sp³-hybridized carbons (Fsp3) is 0.227. The second-order valence-electron chi connectivity index (χ2n) is 7.07. The molecule has 0 bridgehead atoms. The number of hydrogen-bond donors (Lipinski definition) is 0. The molecule has 2 aromatic carbocycles. The van der Waals surface area contributed by atoms with Gasteiger partial charge >= 0.3 is 0 Å². The lowest BCUT2D eigenvalue weighted by atomic mass is 9.97. The van der Waals surface area contributed by atoms with Crippen LogP contribution in [0.5, 0.6) is 0 Å².